The zero-order valence-corrected chi connectivity index (χ0v) is 24.4. The molecular formula is C38H24N8. The summed E-state index contributed by atoms with van der Waals surface area (Å²) in [6, 6.07) is 32.8. The van der Waals surface area contributed by atoms with E-state index >= 15 is 0 Å². The zero-order valence-electron chi connectivity index (χ0n) is 24.4. The Balaban J connectivity index is 1.39. The van der Waals surface area contributed by atoms with Crippen LogP contribution in [-0.2, 0) is 0 Å². The van der Waals surface area contributed by atoms with Crippen molar-refractivity contribution in [3.8, 4) is 22.5 Å². The van der Waals surface area contributed by atoms with Gasteiger partial charge in [-0.25, -0.2) is 9.97 Å². The quantitative estimate of drug-likeness (QED) is 0.189. The molecule has 0 bridgehead atoms. The Hall–Kier alpha value is -6.54. The summed E-state index contributed by atoms with van der Waals surface area (Å²) in [6.07, 6.45) is 14.5. The number of nitrogens with zero attached hydrogens (tertiary/aromatic N) is 8. The van der Waals surface area contributed by atoms with Gasteiger partial charge in [-0.2, -0.15) is 0 Å². The maximum Gasteiger partial charge on any atom is 0.116 e. The second-order valence-corrected chi connectivity index (χ2v) is 10.9. The molecular weight excluding hydrogens is 568 g/mol. The van der Waals surface area contributed by atoms with Crippen LogP contribution in [0.25, 0.3) is 44.3 Å². The van der Waals surface area contributed by atoms with Crippen molar-refractivity contribution in [2.45, 2.75) is 0 Å². The molecule has 0 atom stereocenters. The molecule has 8 nitrogen and oxygen atoms in total. The second kappa shape index (κ2) is 10.6. The van der Waals surface area contributed by atoms with Crippen LogP contribution < -0.4 is 9.80 Å². The molecule has 3 aromatic carbocycles. The monoisotopic (exact) mass is 592 g/mol. The van der Waals surface area contributed by atoms with E-state index in [2.05, 4.69) is 78.3 Å². The average molecular weight is 593 g/mol. The van der Waals surface area contributed by atoms with Crippen LogP contribution >= 0.6 is 0 Å². The molecule has 0 radical (unpaired) electrons. The first-order valence-electron chi connectivity index (χ1n) is 14.9. The standard InChI is InChI=1S/C38H24N8/c1-7-25-8-2-14-31-34(25)30(13-1)35-36(31)44-38-33(46(28-11-5-19-41-23-28)29-12-6-20-42-24-29)16-15-32(37(38)43-35)45(26-9-3-17-39-21-26)27-10-4-18-40-22-27/h1-24H. The van der Waals surface area contributed by atoms with Crippen molar-refractivity contribution in [2.24, 2.45) is 0 Å². The van der Waals surface area contributed by atoms with Gasteiger partial charge in [0, 0.05) is 41.3 Å². The third kappa shape index (κ3) is 4.08. The van der Waals surface area contributed by atoms with Crippen LogP contribution in [0, 0.1) is 0 Å². The fourth-order valence-electron chi connectivity index (χ4n) is 6.38. The highest BCUT2D eigenvalue weighted by Gasteiger charge is 2.29. The minimum absolute atomic E-state index is 0.742. The number of pyridine rings is 4. The second-order valence-electron chi connectivity index (χ2n) is 10.9. The summed E-state index contributed by atoms with van der Waals surface area (Å²) < 4.78 is 0. The maximum atomic E-state index is 5.49. The average Bonchev–Trinajstić information content (AvgIpc) is 3.44. The van der Waals surface area contributed by atoms with Gasteiger partial charge in [0.1, 0.15) is 11.0 Å². The fraction of sp³-hybridized carbons (Fsp3) is 0. The lowest BCUT2D eigenvalue weighted by molar-refractivity contribution is 1.18. The molecule has 9 rings (SSSR count). The number of hydrogen-bond acceptors (Lipinski definition) is 8. The van der Waals surface area contributed by atoms with Crippen molar-refractivity contribution in [1.29, 1.82) is 0 Å². The van der Waals surface area contributed by atoms with E-state index in [4.69, 9.17) is 9.97 Å². The molecule has 1 aliphatic carbocycles. The van der Waals surface area contributed by atoms with Gasteiger partial charge < -0.3 is 9.80 Å². The molecule has 0 amide bonds. The first-order chi connectivity index (χ1) is 22.8. The number of hydrogen-bond donors (Lipinski definition) is 0. The minimum Gasteiger partial charge on any atom is -0.305 e. The summed E-state index contributed by atoms with van der Waals surface area (Å²) in [7, 11) is 0. The first kappa shape index (κ1) is 25.9. The highest BCUT2D eigenvalue weighted by atomic mass is 15.2. The summed E-state index contributed by atoms with van der Waals surface area (Å²) in [5, 5.41) is 2.34. The van der Waals surface area contributed by atoms with E-state index in [1.807, 2.05) is 73.3 Å². The van der Waals surface area contributed by atoms with Gasteiger partial charge in [-0.15, -0.1) is 0 Å². The Bertz CT molecular complexity index is 2120. The number of anilines is 6. The molecule has 0 saturated heterocycles. The third-order valence-electron chi connectivity index (χ3n) is 8.29. The van der Waals surface area contributed by atoms with Crippen LogP contribution in [0.5, 0.6) is 0 Å². The van der Waals surface area contributed by atoms with Gasteiger partial charge in [-0.3, -0.25) is 19.9 Å². The SMILES string of the molecule is c1cncc(N(c2cccnc2)c2ccc(N(c3cccnc3)c3cccnc3)c3nc4c(nc23)-c2cccc3cccc-4c23)c1. The summed E-state index contributed by atoms with van der Waals surface area (Å²) in [4.78, 5) is 33.1. The molecule has 5 heterocycles. The molecule has 8 heteroatoms. The third-order valence-corrected chi connectivity index (χ3v) is 8.29. The van der Waals surface area contributed by atoms with Crippen molar-refractivity contribution >= 4 is 55.9 Å². The van der Waals surface area contributed by atoms with E-state index in [1.54, 1.807) is 24.8 Å². The Kier molecular flexibility index (Phi) is 5.95. The van der Waals surface area contributed by atoms with E-state index in [0.29, 0.717) is 0 Å². The van der Waals surface area contributed by atoms with Crippen LogP contribution in [0.1, 0.15) is 0 Å². The molecule has 8 aromatic rings. The van der Waals surface area contributed by atoms with Crippen LogP contribution in [-0.4, -0.2) is 29.9 Å². The van der Waals surface area contributed by atoms with Crippen molar-refractivity contribution in [3.63, 3.8) is 0 Å². The van der Waals surface area contributed by atoms with Gasteiger partial charge in [-0.05, 0) is 66.0 Å². The Labute approximate surface area is 264 Å². The van der Waals surface area contributed by atoms with Crippen LogP contribution in [0.3, 0.4) is 0 Å². The predicted octanol–water partition coefficient (Wildman–Crippen LogP) is 8.95. The molecule has 0 spiro atoms. The van der Waals surface area contributed by atoms with E-state index in [0.717, 1.165) is 67.7 Å². The van der Waals surface area contributed by atoms with Gasteiger partial charge >= 0.3 is 0 Å². The smallest absolute Gasteiger partial charge is 0.116 e. The summed E-state index contributed by atoms with van der Waals surface area (Å²) in [6.45, 7) is 0. The van der Waals surface area contributed by atoms with E-state index in [-0.39, 0.29) is 0 Å². The van der Waals surface area contributed by atoms with Crippen molar-refractivity contribution in [3.05, 3.63) is 147 Å². The molecule has 0 N–H and O–H groups in total. The number of benzene rings is 3. The molecule has 0 saturated carbocycles. The normalized spacial score (nSPS) is 11.5. The highest BCUT2D eigenvalue weighted by Crippen LogP contribution is 2.49. The van der Waals surface area contributed by atoms with Gasteiger partial charge in [0.2, 0.25) is 0 Å². The lowest BCUT2D eigenvalue weighted by atomic mass is 10.0. The number of rotatable bonds is 6. The van der Waals surface area contributed by atoms with Gasteiger partial charge in [0.05, 0.1) is 70.3 Å². The van der Waals surface area contributed by atoms with E-state index < -0.39 is 0 Å². The van der Waals surface area contributed by atoms with Gasteiger partial charge in [0.15, 0.2) is 0 Å². The Morgan fingerprint density at radius 3 is 1.13 bits per heavy atom. The summed E-state index contributed by atoms with van der Waals surface area (Å²) >= 11 is 0. The Morgan fingerprint density at radius 1 is 0.391 bits per heavy atom. The maximum absolute atomic E-state index is 5.49. The lowest BCUT2D eigenvalue weighted by Crippen LogP contribution is -2.15. The number of aromatic nitrogens is 6. The van der Waals surface area contributed by atoms with E-state index in [9.17, 15) is 0 Å². The van der Waals surface area contributed by atoms with E-state index in [1.165, 1.54) is 10.8 Å². The molecule has 0 unspecified atom stereocenters. The molecule has 0 fully saturated rings. The van der Waals surface area contributed by atoms with Gasteiger partial charge in [0.25, 0.3) is 0 Å². The van der Waals surface area contributed by atoms with Crippen LogP contribution in [0.4, 0.5) is 34.1 Å². The van der Waals surface area contributed by atoms with Crippen molar-refractivity contribution in [2.75, 3.05) is 9.80 Å². The zero-order chi connectivity index (χ0) is 30.5. The molecule has 5 aromatic heterocycles. The van der Waals surface area contributed by atoms with Crippen LogP contribution in [0.15, 0.2) is 147 Å². The van der Waals surface area contributed by atoms with Gasteiger partial charge in [-0.1, -0.05) is 36.4 Å². The molecule has 0 aliphatic heterocycles. The summed E-state index contributed by atoms with van der Waals surface area (Å²) in [5.41, 5.74) is 10.6. The van der Waals surface area contributed by atoms with Crippen molar-refractivity contribution in [1.82, 2.24) is 29.9 Å². The Morgan fingerprint density at radius 2 is 0.783 bits per heavy atom. The molecule has 1 aliphatic rings. The molecule has 46 heavy (non-hydrogen) atoms. The largest absolute Gasteiger partial charge is 0.305 e. The topological polar surface area (TPSA) is 83.8 Å². The minimum atomic E-state index is 0.742. The first-order valence-corrected chi connectivity index (χ1v) is 14.9. The fourth-order valence-corrected chi connectivity index (χ4v) is 6.38. The molecule has 216 valence electrons. The summed E-state index contributed by atoms with van der Waals surface area (Å²) in [5.74, 6) is 0. The lowest BCUT2D eigenvalue weighted by Gasteiger charge is -2.29. The predicted molar refractivity (Wildman–Crippen MR) is 182 cm³/mol. The van der Waals surface area contributed by atoms with Crippen molar-refractivity contribution < 1.29 is 0 Å². The number of fused-ring (bicyclic) bond motifs is 4. The highest BCUT2D eigenvalue weighted by molar-refractivity contribution is 6.15. The van der Waals surface area contributed by atoms with Crippen LogP contribution in [0.2, 0.25) is 0 Å².